The van der Waals surface area contributed by atoms with Crippen molar-refractivity contribution in [3.63, 3.8) is 0 Å². The molecule has 1 fully saturated rings. The third-order valence-electron chi connectivity index (χ3n) is 2.21. The number of carbonyl (C=O) groups excluding carboxylic acids is 1. The van der Waals surface area contributed by atoms with E-state index in [1.165, 1.54) is 11.8 Å². The Balaban J connectivity index is 2.33. The van der Waals surface area contributed by atoms with Gasteiger partial charge in [-0.2, -0.15) is 0 Å². The van der Waals surface area contributed by atoms with Gasteiger partial charge in [-0.05, 0) is 36.8 Å². The summed E-state index contributed by atoms with van der Waals surface area (Å²) in [5.41, 5.74) is 0.892. The molecule has 1 aromatic carbocycles. The van der Waals surface area contributed by atoms with Crippen molar-refractivity contribution in [1.29, 1.82) is 0 Å². The first kappa shape index (κ1) is 13.6. The fourth-order valence-electron chi connectivity index (χ4n) is 1.45. The zero-order valence-electron chi connectivity index (χ0n) is 9.53. The Morgan fingerprint density at radius 3 is 2.94 bits per heavy atom. The molecule has 94 valence electrons. The smallest absolute Gasteiger partial charge is 0.263 e. The van der Waals surface area contributed by atoms with Crippen LogP contribution in [0.2, 0.25) is 0 Å². The highest BCUT2D eigenvalue weighted by Crippen LogP contribution is 2.30. The van der Waals surface area contributed by atoms with E-state index in [1.807, 2.05) is 25.1 Å². The van der Waals surface area contributed by atoms with Crippen LogP contribution < -0.4 is 10.1 Å². The normalized spacial score (nSPS) is 17.1. The summed E-state index contributed by atoms with van der Waals surface area (Å²) in [5.74, 6) is 0.622. The minimum absolute atomic E-state index is 0.154. The van der Waals surface area contributed by atoms with E-state index in [2.05, 4.69) is 21.2 Å². The lowest BCUT2D eigenvalue weighted by Gasteiger charge is -2.05. The van der Waals surface area contributed by atoms with E-state index in [-0.39, 0.29) is 5.91 Å². The van der Waals surface area contributed by atoms with E-state index in [4.69, 9.17) is 17.0 Å². The Bertz CT molecular complexity index is 543. The van der Waals surface area contributed by atoms with E-state index >= 15 is 0 Å². The van der Waals surface area contributed by atoms with Crippen LogP contribution >= 0.6 is 39.9 Å². The van der Waals surface area contributed by atoms with Gasteiger partial charge in [-0.15, -0.1) is 0 Å². The highest BCUT2D eigenvalue weighted by atomic mass is 79.9. The van der Waals surface area contributed by atoms with Crippen LogP contribution in [-0.2, 0) is 4.79 Å². The summed E-state index contributed by atoms with van der Waals surface area (Å²) in [4.78, 5) is 12.2. The third-order valence-corrected chi connectivity index (χ3v) is 4.09. The molecule has 18 heavy (non-hydrogen) atoms. The number of amides is 1. The number of hydrogen-bond acceptors (Lipinski definition) is 4. The van der Waals surface area contributed by atoms with Gasteiger partial charge in [0.25, 0.3) is 5.91 Å². The predicted molar refractivity (Wildman–Crippen MR) is 81.6 cm³/mol. The first-order valence-corrected chi connectivity index (χ1v) is 7.29. The van der Waals surface area contributed by atoms with Crippen molar-refractivity contribution < 1.29 is 9.53 Å². The Hall–Kier alpha value is -0.850. The van der Waals surface area contributed by atoms with E-state index in [0.717, 1.165) is 15.8 Å². The number of thiocarbonyl (C=S) groups is 1. The van der Waals surface area contributed by atoms with Gasteiger partial charge >= 0.3 is 0 Å². The molecular formula is C12H10BrNO2S2. The third kappa shape index (κ3) is 3.13. The second-order valence-electron chi connectivity index (χ2n) is 3.47. The van der Waals surface area contributed by atoms with Crippen molar-refractivity contribution >= 4 is 56.2 Å². The van der Waals surface area contributed by atoms with Crippen LogP contribution in [-0.4, -0.2) is 16.8 Å². The highest BCUT2D eigenvalue weighted by Gasteiger charge is 2.22. The molecular weight excluding hydrogens is 334 g/mol. The van der Waals surface area contributed by atoms with Crippen molar-refractivity contribution in [2.24, 2.45) is 0 Å². The first-order valence-electron chi connectivity index (χ1n) is 5.27. The first-order chi connectivity index (χ1) is 8.60. The second kappa shape index (κ2) is 5.86. The van der Waals surface area contributed by atoms with E-state index in [9.17, 15) is 4.79 Å². The second-order valence-corrected chi connectivity index (χ2v) is 6.04. The molecule has 1 N–H and O–H groups in total. The Morgan fingerprint density at radius 2 is 2.33 bits per heavy atom. The van der Waals surface area contributed by atoms with Crippen molar-refractivity contribution in [3.8, 4) is 5.75 Å². The quantitative estimate of drug-likeness (QED) is 0.674. The summed E-state index contributed by atoms with van der Waals surface area (Å²) in [7, 11) is 0. The summed E-state index contributed by atoms with van der Waals surface area (Å²) >= 11 is 9.66. The fourth-order valence-corrected chi connectivity index (χ4v) is 2.85. The molecule has 1 aliphatic rings. The molecule has 0 spiro atoms. The minimum atomic E-state index is -0.154. The van der Waals surface area contributed by atoms with Gasteiger partial charge in [0.2, 0.25) is 0 Å². The lowest BCUT2D eigenvalue weighted by molar-refractivity contribution is -0.115. The number of carbonyl (C=O) groups is 1. The molecule has 0 unspecified atom stereocenters. The topological polar surface area (TPSA) is 38.3 Å². The number of hydrogen-bond donors (Lipinski definition) is 1. The average Bonchev–Trinajstić information content (AvgIpc) is 2.62. The molecule has 1 aliphatic heterocycles. The van der Waals surface area contributed by atoms with E-state index < -0.39 is 0 Å². The Kier molecular flexibility index (Phi) is 4.42. The minimum Gasteiger partial charge on any atom is -0.494 e. The van der Waals surface area contributed by atoms with Gasteiger partial charge < -0.3 is 10.1 Å². The molecule has 3 nitrogen and oxygen atoms in total. The Morgan fingerprint density at radius 1 is 1.56 bits per heavy atom. The number of halogens is 1. The summed E-state index contributed by atoms with van der Waals surface area (Å²) in [6.45, 7) is 2.54. The lowest BCUT2D eigenvalue weighted by Crippen LogP contribution is -2.17. The van der Waals surface area contributed by atoms with Crippen LogP contribution in [0.4, 0.5) is 0 Å². The van der Waals surface area contributed by atoms with Gasteiger partial charge in [0, 0.05) is 4.47 Å². The predicted octanol–water partition coefficient (Wildman–Crippen LogP) is 3.34. The standard InChI is InChI=1S/C12H10BrNO2S2/c1-2-16-8-3-4-9(13)7(5-8)6-10-11(15)14-12(17)18-10/h3-6H,2H2,1H3,(H,14,15,17)/b10-6+. The van der Waals surface area contributed by atoms with Gasteiger partial charge in [0.1, 0.15) is 10.1 Å². The highest BCUT2D eigenvalue weighted by molar-refractivity contribution is 9.10. The maximum absolute atomic E-state index is 11.6. The monoisotopic (exact) mass is 343 g/mol. The van der Waals surface area contributed by atoms with Gasteiger partial charge in [0.05, 0.1) is 11.5 Å². The molecule has 1 heterocycles. The molecule has 0 aromatic heterocycles. The lowest BCUT2D eigenvalue weighted by atomic mass is 10.2. The number of rotatable bonds is 3. The van der Waals surface area contributed by atoms with Gasteiger partial charge in [0.15, 0.2) is 0 Å². The van der Waals surface area contributed by atoms with Crippen LogP contribution in [0.1, 0.15) is 12.5 Å². The van der Waals surface area contributed by atoms with Crippen molar-refractivity contribution in [3.05, 3.63) is 33.1 Å². The molecule has 0 aliphatic carbocycles. The molecule has 0 saturated carbocycles. The molecule has 0 bridgehead atoms. The van der Waals surface area contributed by atoms with Gasteiger partial charge in [-0.3, -0.25) is 4.79 Å². The van der Waals surface area contributed by atoms with Crippen LogP contribution in [0.5, 0.6) is 5.75 Å². The van der Waals surface area contributed by atoms with Crippen LogP contribution in [0.25, 0.3) is 6.08 Å². The maximum Gasteiger partial charge on any atom is 0.263 e. The van der Waals surface area contributed by atoms with Crippen LogP contribution in [0.3, 0.4) is 0 Å². The van der Waals surface area contributed by atoms with Crippen LogP contribution in [0, 0.1) is 0 Å². The molecule has 0 atom stereocenters. The molecule has 1 amide bonds. The van der Waals surface area contributed by atoms with E-state index in [0.29, 0.717) is 15.8 Å². The number of nitrogens with one attached hydrogen (secondary N) is 1. The molecule has 6 heteroatoms. The number of ether oxygens (including phenoxy) is 1. The zero-order chi connectivity index (χ0) is 13.1. The molecule has 0 radical (unpaired) electrons. The fraction of sp³-hybridized carbons (Fsp3) is 0.167. The maximum atomic E-state index is 11.6. The summed E-state index contributed by atoms with van der Waals surface area (Å²) < 4.78 is 6.83. The van der Waals surface area contributed by atoms with Gasteiger partial charge in [-0.1, -0.05) is 39.9 Å². The summed E-state index contributed by atoms with van der Waals surface area (Å²) in [5, 5.41) is 2.59. The molecule has 1 aromatic rings. The van der Waals surface area contributed by atoms with E-state index in [1.54, 1.807) is 6.08 Å². The van der Waals surface area contributed by atoms with Crippen LogP contribution in [0.15, 0.2) is 27.6 Å². The van der Waals surface area contributed by atoms with Crippen molar-refractivity contribution in [2.45, 2.75) is 6.92 Å². The average molecular weight is 344 g/mol. The largest absolute Gasteiger partial charge is 0.494 e. The van der Waals surface area contributed by atoms with Gasteiger partial charge in [-0.25, -0.2) is 0 Å². The Labute approximate surface area is 123 Å². The zero-order valence-corrected chi connectivity index (χ0v) is 12.7. The number of thioether (sulfide) groups is 1. The van der Waals surface area contributed by atoms with Crippen molar-refractivity contribution in [1.82, 2.24) is 5.32 Å². The summed E-state index contributed by atoms with van der Waals surface area (Å²) in [6, 6.07) is 5.66. The summed E-state index contributed by atoms with van der Waals surface area (Å²) in [6.07, 6.45) is 1.80. The number of benzene rings is 1. The SMILES string of the molecule is CCOc1ccc(Br)c(/C=C2/SC(=S)NC2=O)c1. The molecule has 2 rings (SSSR count). The van der Waals surface area contributed by atoms with Crippen molar-refractivity contribution in [2.75, 3.05) is 6.61 Å². The molecule has 1 saturated heterocycles.